The highest BCUT2D eigenvalue weighted by atomic mass is 32.2. The Bertz CT molecular complexity index is 1020. The molecule has 1 aliphatic carbocycles. The number of imide groups is 1. The number of rotatable bonds is 7. The Morgan fingerprint density at radius 2 is 1.94 bits per heavy atom. The predicted molar refractivity (Wildman–Crippen MR) is 121 cm³/mol. The summed E-state index contributed by atoms with van der Waals surface area (Å²) >= 11 is 0. The van der Waals surface area contributed by atoms with Crippen molar-refractivity contribution in [3.05, 3.63) is 23.8 Å². The monoisotopic (exact) mass is 464 g/mol. The van der Waals surface area contributed by atoms with Crippen molar-refractivity contribution in [1.82, 2.24) is 14.5 Å². The van der Waals surface area contributed by atoms with Crippen LogP contribution < -0.4 is 10.6 Å². The molecule has 3 rings (SSSR count). The molecule has 9 nitrogen and oxygen atoms in total. The van der Waals surface area contributed by atoms with Gasteiger partial charge in [0.15, 0.2) is 0 Å². The largest absolute Gasteiger partial charge is 0.325 e. The number of hydrogen-bond donors (Lipinski definition) is 2. The zero-order chi connectivity index (χ0) is 23.7. The predicted octanol–water partition coefficient (Wildman–Crippen LogP) is 2.46. The lowest BCUT2D eigenvalue weighted by atomic mass is 9.73. The molecule has 1 aromatic carbocycles. The van der Waals surface area contributed by atoms with Crippen molar-refractivity contribution < 1.29 is 22.8 Å². The third-order valence-corrected chi connectivity index (χ3v) is 8.68. The zero-order valence-electron chi connectivity index (χ0n) is 19.1. The van der Waals surface area contributed by atoms with Crippen LogP contribution >= 0.6 is 0 Å². The molecule has 1 saturated heterocycles. The van der Waals surface area contributed by atoms with Crippen LogP contribution in [0.3, 0.4) is 0 Å². The van der Waals surface area contributed by atoms with E-state index in [-0.39, 0.29) is 16.7 Å². The Hall–Kier alpha value is -2.46. The molecule has 1 aliphatic heterocycles. The molecule has 1 aromatic rings. The molecule has 10 heteroatoms. The standard InChI is InChI=1S/C22H32N4O5S/c1-5-25(6-2)32(30,31)17-11-10-15(3)18(13-17)23-19(27)14-26-20(28)22(24-21(26)29)12-8-7-9-16(22)4/h10-11,13,16H,5-9,12,14H2,1-4H3,(H,23,27)(H,24,29)/t16-,22-/m0/s1. The van der Waals surface area contributed by atoms with E-state index < -0.39 is 34.0 Å². The number of anilines is 1. The van der Waals surface area contributed by atoms with Crippen molar-refractivity contribution in [2.75, 3.05) is 25.0 Å². The number of hydrogen-bond acceptors (Lipinski definition) is 5. The molecule has 4 amide bonds. The quantitative estimate of drug-likeness (QED) is 0.602. The lowest BCUT2D eigenvalue weighted by Gasteiger charge is -2.36. The maximum atomic E-state index is 13.1. The normalized spacial score (nSPS) is 23.7. The number of carbonyl (C=O) groups is 3. The van der Waals surface area contributed by atoms with Gasteiger partial charge in [0, 0.05) is 18.8 Å². The van der Waals surface area contributed by atoms with Gasteiger partial charge < -0.3 is 10.6 Å². The summed E-state index contributed by atoms with van der Waals surface area (Å²) in [7, 11) is -3.69. The van der Waals surface area contributed by atoms with Crippen LogP contribution in [-0.2, 0) is 19.6 Å². The summed E-state index contributed by atoms with van der Waals surface area (Å²) in [6.07, 6.45) is 3.28. The van der Waals surface area contributed by atoms with Crippen LogP contribution in [0.4, 0.5) is 10.5 Å². The fraction of sp³-hybridized carbons (Fsp3) is 0.591. The van der Waals surface area contributed by atoms with Gasteiger partial charge >= 0.3 is 6.03 Å². The molecule has 1 heterocycles. The molecule has 176 valence electrons. The number of urea groups is 1. The van der Waals surface area contributed by atoms with E-state index in [1.54, 1.807) is 26.8 Å². The highest BCUT2D eigenvalue weighted by Crippen LogP contribution is 2.38. The first-order valence-electron chi connectivity index (χ1n) is 11.1. The minimum absolute atomic E-state index is 0.00460. The second-order valence-electron chi connectivity index (χ2n) is 8.55. The first-order chi connectivity index (χ1) is 15.1. The molecule has 2 aliphatic rings. The zero-order valence-corrected chi connectivity index (χ0v) is 19.9. The topological polar surface area (TPSA) is 116 Å². The number of aryl methyl sites for hydroxylation is 1. The summed E-state index contributed by atoms with van der Waals surface area (Å²) in [6.45, 7) is 7.46. The van der Waals surface area contributed by atoms with Crippen LogP contribution in [0.25, 0.3) is 0 Å². The van der Waals surface area contributed by atoms with Gasteiger partial charge in [-0.05, 0) is 43.4 Å². The molecule has 2 atom stereocenters. The average molecular weight is 465 g/mol. The summed E-state index contributed by atoms with van der Waals surface area (Å²) in [5.41, 5.74) is 0.0750. The Balaban J connectivity index is 1.77. The van der Waals surface area contributed by atoms with Crippen molar-refractivity contribution in [3.63, 3.8) is 0 Å². The molecule has 1 saturated carbocycles. The fourth-order valence-electron chi connectivity index (χ4n) is 4.58. The number of nitrogens with one attached hydrogen (secondary N) is 2. The molecular formula is C22H32N4O5S. The second-order valence-corrected chi connectivity index (χ2v) is 10.5. The highest BCUT2D eigenvalue weighted by Gasteiger charge is 2.55. The van der Waals surface area contributed by atoms with Crippen molar-refractivity contribution in [2.24, 2.45) is 5.92 Å². The minimum atomic E-state index is -3.69. The SMILES string of the molecule is CCN(CC)S(=O)(=O)c1ccc(C)c(NC(=O)CN2C(=O)N[C@]3(CCCC[C@@H]3C)C2=O)c1. The van der Waals surface area contributed by atoms with E-state index in [4.69, 9.17) is 0 Å². The van der Waals surface area contributed by atoms with Gasteiger partial charge in [-0.3, -0.25) is 14.5 Å². The maximum absolute atomic E-state index is 13.1. The smallest absolute Gasteiger partial charge is 0.324 e. The summed E-state index contributed by atoms with van der Waals surface area (Å²) in [5.74, 6) is -0.918. The summed E-state index contributed by atoms with van der Waals surface area (Å²) in [4.78, 5) is 39.3. The van der Waals surface area contributed by atoms with Gasteiger partial charge in [0.05, 0.1) is 4.90 Å². The first kappa shape index (κ1) is 24.2. The number of sulfonamides is 1. The van der Waals surface area contributed by atoms with Crippen LogP contribution in [0.2, 0.25) is 0 Å². The number of benzene rings is 1. The molecular weight excluding hydrogens is 432 g/mol. The number of carbonyl (C=O) groups excluding carboxylic acids is 3. The molecule has 2 fully saturated rings. The van der Waals surface area contributed by atoms with Gasteiger partial charge in [0.25, 0.3) is 5.91 Å². The Kier molecular flexibility index (Phi) is 6.94. The van der Waals surface area contributed by atoms with Crippen molar-refractivity contribution >= 4 is 33.6 Å². The van der Waals surface area contributed by atoms with Gasteiger partial charge in [-0.1, -0.05) is 39.7 Å². The van der Waals surface area contributed by atoms with Crippen LogP contribution in [0, 0.1) is 12.8 Å². The molecule has 0 unspecified atom stereocenters. The van der Waals surface area contributed by atoms with E-state index >= 15 is 0 Å². The molecule has 2 N–H and O–H groups in total. The van der Waals surface area contributed by atoms with E-state index in [0.717, 1.165) is 24.2 Å². The van der Waals surface area contributed by atoms with Crippen molar-refractivity contribution in [3.8, 4) is 0 Å². The summed E-state index contributed by atoms with van der Waals surface area (Å²) < 4.78 is 27.0. The maximum Gasteiger partial charge on any atom is 0.325 e. The van der Waals surface area contributed by atoms with E-state index in [9.17, 15) is 22.8 Å². The van der Waals surface area contributed by atoms with Gasteiger partial charge in [-0.25, -0.2) is 13.2 Å². The third kappa shape index (κ3) is 4.25. The van der Waals surface area contributed by atoms with Crippen LogP contribution in [0.15, 0.2) is 23.1 Å². The summed E-state index contributed by atoms with van der Waals surface area (Å²) in [5, 5.41) is 5.50. The van der Waals surface area contributed by atoms with E-state index in [1.807, 2.05) is 6.92 Å². The Labute approximate surface area is 189 Å². The van der Waals surface area contributed by atoms with Crippen LogP contribution in [0.5, 0.6) is 0 Å². The molecule has 1 spiro atoms. The van der Waals surface area contributed by atoms with Crippen LogP contribution in [-0.4, -0.2) is 60.6 Å². The third-order valence-electron chi connectivity index (χ3n) is 6.63. The molecule has 0 aromatic heterocycles. The average Bonchev–Trinajstić information content (AvgIpc) is 2.97. The van der Waals surface area contributed by atoms with E-state index in [2.05, 4.69) is 10.6 Å². The summed E-state index contributed by atoms with van der Waals surface area (Å²) in [6, 6.07) is 3.98. The lowest BCUT2D eigenvalue weighted by Crippen LogP contribution is -2.54. The minimum Gasteiger partial charge on any atom is -0.324 e. The van der Waals surface area contributed by atoms with Gasteiger partial charge in [-0.15, -0.1) is 0 Å². The Morgan fingerprint density at radius 3 is 2.56 bits per heavy atom. The molecule has 0 bridgehead atoms. The fourth-order valence-corrected chi connectivity index (χ4v) is 6.07. The number of amides is 4. The van der Waals surface area contributed by atoms with Gasteiger partial charge in [0.1, 0.15) is 12.1 Å². The molecule has 32 heavy (non-hydrogen) atoms. The highest BCUT2D eigenvalue weighted by molar-refractivity contribution is 7.89. The first-order valence-corrected chi connectivity index (χ1v) is 12.6. The molecule has 0 radical (unpaired) electrons. The lowest BCUT2D eigenvalue weighted by molar-refractivity contribution is -0.136. The van der Waals surface area contributed by atoms with E-state index in [0.29, 0.717) is 30.8 Å². The van der Waals surface area contributed by atoms with Crippen LogP contribution in [0.1, 0.15) is 52.0 Å². The van der Waals surface area contributed by atoms with Crippen molar-refractivity contribution in [2.45, 2.75) is 63.8 Å². The van der Waals surface area contributed by atoms with Gasteiger partial charge in [0.2, 0.25) is 15.9 Å². The van der Waals surface area contributed by atoms with Crippen molar-refractivity contribution in [1.29, 1.82) is 0 Å². The second kappa shape index (κ2) is 9.19. The van der Waals surface area contributed by atoms with E-state index in [1.165, 1.54) is 16.4 Å². The Morgan fingerprint density at radius 1 is 1.25 bits per heavy atom. The number of nitrogens with zero attached hydrogens (tertiary/aromatic N) is 2. The van der Waals surface area contributed by atoms with Gasteiger partial charge in [-0.2, -0.15) is 4.31 Å².